The maximum atomic E-state index is 12.1. The molecule has 2 aliphatic carbocycles. The molecular weight excluding hydrogens is 235 g/mol. The fraction of sp³-hybridized carbons (Fsp3) is 1.00. The van der Waals surface area contributed by atoms with Crippen molar-refractivity contribution >= 4 is 11.8 Å². The van der Waals surface area contributed by atoms with Crippen molar-refractivity contribution in [2.24, 2.45) is 23.0 Å². The summed E-state index contributed by atoms with van der Waals surface area (Å²) in [5.41, 5.74) is 1.75. The van der Waals surface area contributed by atoms with Gasteiger partial charge in [-0.1, -0.05) is 18.2 Å². The van der Waals surface area contributed by atoms with Gasteiger partial charge in [-0.3, -0.25) is 0 Å². The van der Waals surface area contributed by atoms with E-state index in [1.807, 2.05) is 0 Å². The number of nitrogens with two attached hydrogens (primary N) is 1. The van der Waals surface area contributed by atoms with Crippen LogP contribution in [0.25, 0.3) is 0 Å². The lowest BCUT2D eigenvalue weighted by Crippen LogP contribution is -2.36. The molecule has 2 fully saturated rings. The van der Waals surface area contributed by atoms with E-state index in [4.69, 9.17) is 5.73 Å². The number of thioether (sulfide) groups is 1. The summed E-state index contributed by atoms with van der Waals surface area (Å²) in [5.74, 6) is 1.50. The predicted molar refractivity (Wildman–Crippen MR) is 60.1 cm³/mol. The van der Waals surface area contributed by atoms with Gasteiger partial charge in [0.1, 0.15) is 0 Å². The van der Waals surface area contributed by atoms with Gasteiger partial charge in [0.25, 0.3) is 0 Å². The van der Waals surface area contributed by atoms with Crippen LogP contribution in [0.5, 0.6) is 0 Å². The van der Waals surface area contributed by atoms with Crippen molar-refractivity contribution < 1.29 is 13.2 Å². The lowest BCUT2D eigenvalue weighted by atomic mass is 9.71. The average molecular weight is 253 g/mol. The second kappa shape index (κ2) is 4.41. The van der Waals surface area contributed by atoms with Gasteiger partial charge in [0.05, 0.1) is 0 Å². The maximum absolute atomic E-state index is 12.1. The van der Waals surface area contributed by atoms with E-state index in [1.165, 1.54) is 19.3 Å². The van der Waals surface area contributed by atoms with Crippen LogP contribution in [0.2, 0.25) is 0 Å². The van der Waals surface area contributed by atoms with Crippen molar-refractivity contribution in [1.29, 1.82) is 0 Å². The first kappa shape index (κ1) is 12.6. The number of fused-ring (bicyclic) bond motifs is 2. The van der Waals surface area contributed by atoms with Crippen LogP contribution < -0.4 is 5.73 Å². The number of halogens is 3. The van der Waals surface area contributed by atoms with Gasteiger partial charge < -0.3 is 5.73 Å². The SMILES string of the molecule is NCC1(CCSC(F)(F)F)CC2CCC1C2. The number of hydrogen-bond donors (Lipinski definition) is 1. The average Bonchev–Trinajstić information content (AvgIpc) is 2.75. The molecule has 0 spiro atoms. The first-order valence-corrected chi connectivity index (χ1v) is 6.84. The van der Waals surface area contributed by atoms with Crippen LogP contribution >= 0.6 is 11.8 Å². The van der Waals surface area contributed by atoms with Crippen molar-refractivity contribution in [3.63, 3.8) is 0 Å². The van der Waals surface area contributed by atoms with Crippen LogP contribution in [0.4, 0.5) is 13.2 Å². The number of rotatable bonds is 4. The third-order valence-electron chi connectivity index (χ3n) is 4.37. The molecule has 1 nitrogen and oxygen atoms in total. The summed E-state index contributed by atoms with van der Waals surface area (Å²) in [4.78, 5) is 0. The monoisotopic (exact) mass is 253 g/mol. The summed E-state index contributed by atoms with van der Waals surface area (Å²) in [6, 6.07) is 0. The van der Waals surface area contributed by atoms with E-state index in [0.717, 1.165) is 12.3 Å². The van der Waals surface area contributed by atoms with E-state index in [-0.39, 0.29) is 22.9 Å². The fourth-order valence-electron chi connectivity index (χ4n) is 3.59. The highest BCUT2D eigenvalue weighted by Crippen LogP contribution is 2.57. The second-order valence-corrected chi connectivity index (χ2v) is 6.35. The van der Waals surface area contributed by atoms with Crippen molar-refractivity contribution in [3.8, 4) is 0 Å². The molecule has 0 aromatic carbocycles. The Hall–Kier alpha value is 0.100. The number of alkyl halides is 3. The van der Waals surface area contributed by atoms with Gasteiger partial charge in [-0.25, -0.2) is 0 Å². The van der Waals surface area contributed by atoms with Gasteiger partial charge in [-0.05, 0) is 49.5 Å². The Kier molecular flexibility index (Phi) is 3.46. The van der Waals surface area contributed by atoms with Crippen molar-refractivity contribution in [3.05, 3.63) is 0 Å². The summed E-state index contributed by atoms with van der Waals surface area (Å²) in [7, 11) is 0. The lowest BCUT2D eigenvalue weighted by molar-refractivity contribution is -0.0330. The van der Waals surface area contributed by atoms with Crippen LogP contribution in [-0.2, 0) is 0 Å². The van der Waals surface area contributed by atoms with Crippen molar-refractivity contribution in [2.75, 3.05) is 12.3 Å². The van der Waals surface area contributed by atoms with Gasteiger partial charge >= 0.3 is 5.51 Å². The highest BCUT2D eigenvalue weighted by atomic mass is 32.2. The third-order valence-corrected chi connectivity index (χ3v) is 5.11. The normalized spacial score (nSPS) is 38.2. The molecule has 2 aliphatic rings. The van der Waals surface area contributed by atoms with Gasteiger partial charge in [0, 0.05) is 5.75 Å². The standard InChI is InChI=1S/C11H18F3NS/c12-11(13,14)16-4-3-10(7-15)6-8-1-2-9(10)5-8/h8-9H,1-7,15H2. The molecule has 3 unspecified atom stereocenters. The van der Waals surface area contributed by atoms with Crippen molar-refractivity contribution in [1.82, 2.24) is 0 Å². The van der Waals surface area contributed by atoms with Crippen molar-refractivity contribution in [2.45, 2.75) is 37.6 Å². The topological polar surface area (TPSA) is 26.0 Å². The Morgan fingerprint density at radius 1 is 1.31 bits per heavy atom. The summed E-state index contributed by atoms with van der Waals surface area (Å²) >= 11 is 0.106. The molecule has 5 heteroatoms. The quantitative estimate of drug-likeness (QED) is 0.831. The first-order chi connectivity index (χ1) is 7.45. The molecule has 94 valence electrons. The molecule has 0 amide bonds. The molecule has 0 aromatic rings. The van der Waals surface area contributed by atoms with Gasteiger partial charge in [-0.2, -0.15) is 13.2 Å². The van der Waals surface area contributed by atoms with E-state index >= 15 is 0 Å². The van der Waals surface area contributed by atoms with E-state index in [0.29, 0.717) is 18.9 Å². The Morgan fingerprint density at radius 2 is 2.06 bits per heavy atom. The first-order valence-electron chi connectivity index (χ1n) is 5.86. The van der Waals surface area contributed by atoms with E-state index < -0.39 is 5.51 Å². The van der Waals surface area contributed by atoms with E-state index in [9.17, 15) is 13.2 Å². The van der Waals surface area contributed by atoms with Gasteiger partial charge in [0.2, 0.25) is 0 Å². The summed E-state index contributed by atoms with van der Waals surface area (Å²) in [5, 5.41) is 0. The fourth-order valence-corrected chi connectivity index (χ4v) is 4.33. The molecule has 0 radical (unpaired) electrons. The zero-order valence-corrected chi connectivity index (χ0v) is 10.0. The lowest BCUT2D eigenvalue weighted by Gasteiger charge is -2.36. The molecule has 2 saturated carbocycles. The van der Waals surface area contributed by atoms with Crippen LogP contribution in [0.1, 0.15) is 32.1 Å². The molecule has 16 heavy (non-hydrogen) atoms. The van der Waals surface area contributed by atoms with Crippen LogP contribution in [0.15, 0.2) is 0 Å². The minimum absolute atomic E-state index is 0.0289. The summed E-state index contributed by atoms with van der Waals surface area (Å²) < 4.78 is 36.2. The summed E-state index contributed by atoms with van der Waals surface area (Å²) in [6.07, 6.45) is 5.34. The van der Waals surface area contributed by atoms with Gasteiger partial charge in [-0.15, -0.1) is 0 Å². The van der Waals surface area contributed by atoms with E-state index in [2.05, 4.69) is 0 Å². The Morgan fingerprint density at radius 3 is 2.50 bits per heavy atom. The molecule has 3 atom stereocenters. The largest absolute Gasteiger partial charge is 0.441 e. The van der Waals surface area contributed by atoms with Gasteiger partial charge in [0.15, 0.2) is 0 Å². The molecule has 0 saturated heterocycles. The minimum Gasteiger partial charge on any atom is -0.330 e. The highest BCUT2D eigenvalue weighted by Gasteiger charge is 2.49. The van der Waals surface area contributed by atoms with Crippen LogP contribution in [0.3, 0.4) is 0 Å². The predicted octanol–water partition coefficient (Wildman–Crippen LogP) is 3.39. The molecule has 2 N–H and O–H groups in total. The second-order valence-electron chi connectivity index (χ2n) is 5.19. The van der Waals surface area contributed by atoms with E-state index in [1.54, 1.807) is 0 Å². The number of hydrogen-bond acceptors (Lipinski definition) is 2. The third kappa shape index (κ3) is 2.50. The Balaban J connectivity index is 1.87. The smallest absolute Gasteiger partial charge is 0.330 e. The van der Waals surface area contributed by atoms with Crippen LogP contribution in [0, 0.1) is 17.3 Å². The Labute approximate surface area is 98.3 Å². The highest BCUT2D eigenvalue weighted by molar-refractivity contribution is 8.00. The molecule has 0 heterocycles. The zero-order valence-electron chi connectivity index (χ0n) is 9.22. The minimum atomic E-state index is -4.09. The maximum Gasteiger partial charge on any atom is 0.441 e. The molecule has 2 rings (SSSR count). The molecule has 0 aliphatic heterocycles. The summed E-state index contributed by atoms with van der Waals surface area (Å²) in [6.45, 7) is 0.562. The molecule has 2 bridgehead atoms. The molecule has 0 aromatic heterocycles. The van der Waals surface area contributed by atoms with Crippen LogP contribution in [-0.4, -0.2) is 17.8 Å². The molecular formula is C11H18F3NS. The Bertz CT molecular complexity index is 256. The zero-order chi connectivity index (χ0) is 11.8.